The van der Waals surface area contributed by atoms with Crippen LogP contribution in [0.3, 0.4) is 0 Å². The number of hydrogen-bond acceptors (Lipinski definition) is 2. The van der Waals surface area contributed by atoms with Gasteiger partial charge in [0.05, 0.1) is 11.3 Å². The van der Waals surface area contributed by atoms with Crippen LogP contribution >= 0.6 is 0 Å². The molecule has 1 atom stereocenters. The standard InChI is InChI=1S/C13H16F4N2/c14-11-7-9(13(15,16)17)4-5-12(11)19-10-3-1-2-6-18-8-10/h4-5,7,10,18-19H,1-3,6,8H2. The highest BCUT2D eigenvalue weighted by atomic mass is 19.4. The smallest absolute Gasteiger partial charge is 0.379 e. The molecule has 1 unspecified atom stereocenters. The summed E-state index contributed by atoms with van der Waals surface area (Å²) in [5.74, 6) is -0.862. The normalized spacial score (nSPS) is 20.9. The van der Waals surface area contributed by atoms with Gasteiger partial charge < -0.3 is 10.6 Å². The van der Waals surface area contributed by atoms with E-state index in [1.54, 1.807) is 0 Å². The topological polar surface area (TPSA) is 24.1 Å². The third-order valence-electron chi connectivity index (χ3n) is 3.20. The largest absolute Gasteiger partial charge is 0.416 e. The Hall–Kier alpha value is -1.30. The van der Waals surface area contributed by atoms with Gasteiger partial charge in [0.1, 0.15) is 5.82 Å². The van der Waals surface area contributed by atoms with Crippen molar-refractivity contribution in [3.05, 3.63) is 29.6 Å². The van der Waals surface area contributed by atoms with Crippen molar-refractivity contribution in [3.8, 4) is 0 Å². The van der Waals surface area contributed by atoms with Crippen molar-refractivity contribution >= 4 is 5.69 Å². The zero-order valence-corrected chi connectivity index (χ0v) is 10.4. The fraction of sp³-hybridized carbons (Fsp3) is 0.538. The Morgan fingerprint density at radius 2 is 2.00 bits per heavy atom. The number of halogens is 4. The van der Waals surface area contributed by atoms with Crippen molar-refractivity contribution in [2.45, 2.75) is 31.5 Å². The van der Waals surface area contributed by atoms with Gasteiger partial charge in [0.15, 0.2) is 0 Å². The summed E-state index contributed by atoms with van der Waals surface area (Å²) in [4.78, 5) is 0. The molecule has 0 aromatic heterocycles. The van der Waals surface area contributed by atoms with Crippen molar-refractivity contribution < 1.29 is 17.6 Å². The number of rotatable bonds is 2. The molecule has 1 aliphatic heterocycles. The predicted molar refractivity (Wildman–Crippen MR) is 65.5 cm³/mol. The van der Waals surface area contributed by atoms with Crippen LogP contribution in [0.4, 0.5) is 23.2 Å². The Morgan fingerprint density at radius 1 is 1.21 bits per heavy atom. The summed E-state index contributed by atoms with van der Waals surface area (Å²) in [7, 11) is 0. The fourth-order valence-corrected chi connectivity index (χ4v) is 2.17. The molecular weight excluding hydrogens is 260 g/mol. The zero-order chi connectivity index (χ0) is 13.9. The Kier molecular flexibility index (Phi) is 4.29. The van der Waals surface area contributed by atoms with E-state index in [0.29, 0.717) is 12.6 Å². The Bertz CT molecular complexity index is 423. The predicted octanol–water partition coefficient (Wildman–Crippen LogP) is 3.40. The minimum absolute atomic E-state index is 0.0498. The summed E-state index contributed by atoms with van der Waals surface area (Å²) in [6.45, 7) is 1.62. The summed E-state index contributed by atoms with van der Waals surface area (Å²) in [6.07, 6.45) is -1.54. The van der Waals surface area contributed by atoms with E-state index in [0.717, 1.165) is 37.9 Å². The van der Waals surface area contributed by atoms with Gasteiger partial charge in [-0.25, -0.2) is 4.39 Å². The van der Waals surface area contributed by atoms with Crippen LogP contribution in [0.15, 0.2) is 18.2 Å². The number of anilines is 1. The molecule has 106 valence electrons. The van der Waals surface area contributed by atoms with Gasteiger partial charge in [-0.05, 0) is 37.6 Å². The van der Waals surface area contributed by atoms with E-state index >= 15 is 0 Å². The highest BCUT2D eigenvalue weighted by molar-refractivity contribution is 5.47. The van der Waals surface area contributed by atoms with E-state index in [2.05, 4.69) is 10.6 Å². The van der Waals surface area contributed by atoms with Gasteiger partial charge in [0, 0.05) is 12.6 Å². The van der Waals surface area contributed by atoms with Crippen LogP contribution in [0, 0.1) is 5.82 Å². The molecule has 2 N–H and O–H groups in total. The van der Waals surface area contributed by atoms with E-state index in [4.69, 9.17) is 0 Å². The lowest BCUT2D eigenvalue weighted by Gasteiger charge is -2.19. The van der Waals surface area contributed by atoms with Crippen LogP contribution in [-0.4, -0.2) is 19.1 Å². The van der Waals surface area contributed by atoms with E-state index in [1.165, 1.54) is 0 Å². The third-order valence-corrected chi connectivity index (χ3v) is 3.20. The molecule has 1 heterocycles. The first-order valence-electron chi connectivity index (χ1n) is 6.31. The van der Waals surface area contributed by atoms with Crippen LogP contribution in [0.2, 0.25) is 0 Å². The van der Waals surface area contributed by atoms with Crippen LogP contribution in [0.5, 0.6) is 0 Å². The number of alkyl halides is 3. The maximum atomic E-state index is 13.7. The summed E-state index contributed by atoms with van der Waals surface area (Å²) >= 11 is 0. The first kappa shape index (κ1) is 14.1. The highest BCUT2D eigenvalue weighted by Gasteiger charge is 2.31. The summed E-state index contributed by atoms with van der Waals surface area (Å²) in [5, 5.41) is 6.17. The highest BCUT2D eigenvalue weighted by Crippen LogP contribution is 2.31. The first-order chi connectivity index (χ1) is 8.97. The number of benzene rings is 1. The quantitative estimate of drug-likeness (QED) is 0.809. The van der Waals surface area contributed by atoms with Gasteiger partial charge in [-0.2, -0.15) is 13.2 Å². The van der Waals surface area contributed by atoms with E-state index in [-0.39, 0.29) is 11.7 Å². The second-order valence-corrected chi connectivity index (χ2v) is 4.73. The minimum atomic E-state index is -4.51. The van der Waals surface area contributed by atoms with Gasteiger partial charge in [0.25, 0.3) is 0 Å². The second-order valence-electron chi connectivity index (χ2n) is 4.73. The monoisotopic (exact) mass is 276 g/mol. The average molecular weight is 276 g/mol. The van der Waals surface area contributed by atoms with Crippen LogP contribution in [0.1, 0.15) is 24.8 Å². The van der Waals surface area contributed by atoms with Crippen molar-refractivity contribution in [3.63, 3.8) is 0 Å². The van der Waals surface area contributed by atoms with E-state index < -0.39 is 17.6 Å². The van der Waals surface area contributed by atoms with E-state index in [1.807, 2.05) is 0 Å². The van der Waals surface area contributed by atoms with Gasteiger partial charge >= 0.3 is 6.18 Å². The third kappa shape index (κ3) is 3.83. The van der Waals surface area contributed by atoms with Crippen LogP contribution < -0.4 is 10.6 Å². The van der Waals surface area contributed by atoms with Gasteiger partial charge in [0.2, 0.25) is 0 Å². The van der Waals surface area contributed by atoms with Gasteiger partial charge in [-0.15, -0.1) is 0 Å². The molecule has 2 nitrogen and oxygen atoms in total. The molecule has 1 saturated heterocycles. The first-order valence-corrected chi connectivity index (χ1v) is 6.31. The Balaban J connectivity index is 2.08. The number of hydrogen-bond donors (Lipinski definition) is 2. The van der Waals surface area contributed by atoms with Gasteiger partial charge in [-0.3, -0.25) is 0 Å². The van der Waals surface area contributed by atoms with Crippen molar-refractivity contribution in [1.82, 2.24) is 5.32 Å². The molecule has 2 rings (SSSR count). The van der Waals surface area contributed by atoms with Gasteiger partial charge in [-0.1, -0.05) is 6.42 Å². The molecular formula is C13H16F4N2. The molecule has 0 saturated carbocycles. The second kappa shape index (κ2) is 5.77. The molecule has 1 aromatic rings. The Morgan fingerprint density at radius 3 is 2.68 bits per heavy atom. The molecule has 1 aromatic carbocycles. The molecule has 0 bridgehead atoms. The van der Waals surface area contributed by atoms with E-state index in [9.17, 15) is 17.6 Å². The lowest BCUT2D eigenvalue weighted by molar-refractivity contribution is -0.137. The van der Waals surface area contributed by atoms with Crippen molar-refractivity contribution in [2.75, 3.05) is 18.4 Å². The molecule has 1 aliphatic rings. The molecule has 0 spiro atoms. The lowest BCUT2D eigenvalue weighted by Crippen LogP contribution is -2.31. The van der Waals surface area contributed by atoms with Crippen LogP contribution in [-0.2, 0) is 6.18 Å². The van der Waals surface area contributed by atoms with Crippen molar-refractivity contribution in [1.29, 1.82) is 0 Å². The average Bonchev–Trinajstić information content (AvgIpc) is 2.59. The fourth-order valence-electron chi connectivity index (χ4n) is 2.17. The minimum Gasteiger partial charge on any atom is -0.379 e. The lowest BCUT2D eigenvalue weighted by atomic mass is 10.1. The molecule has 0 amide bonds. The summed E-state index contributed by atoms with van der Waals surface area (Å²) in [5.41, 5.74) is -0.837. The Labute approximate surface area is 109 Å². The van der Waals surface area contributed by atoms with Crippen molar-refractivity contribution in [2.24, 2.45) is 0 Å². The summed E-state index contributed by atoms with van der Waals surface area (Å²) in [6, 6.07) is 2.64. The summed E-state index contributed by atoms with van der Waals surface area (Å²) < 4.78 is 50.9. The molecule has 0 radical (unpaired) electrons. The number of nitrogens with one attached hydrogen (secondary N) is 2. The molecule has 19 heavy (non-hydrogen) atoms. The van der Waals surface area contributed by atoms with Crippen LogP contribution in [0.25, 0.3) is 0 Å². The molecule has 6 heteroatoms. The SMILES string of the molecule is Fc1cc(C(F)(F)F)ccc1NC1CCCCNC1. The maximum absolute atomic E-state index is 13.7. The molecule has 0 aliphatic carbocycles. The molecule has 1 fully saturated rings. The maximum Gasteiger partial charge on any atom is 0.416 e. The zero-order valence-electron chi connectivity index (χ0n) is 10.4.